The van der Waals surface area contributed by atoms with Crippen LogP contribution in [-0.2, 0) is 6.54 Å². The number of urea groups is 1. The van der Waals surface area contributed by atoms with Crippen LogP contribution in [0.5, 0.6) is 0 Å². The van der Waals surface area contributed by atoms with Crippen molar-refractivity contribution in [3.8, 4) is 0 Å². The molecule has 0 aromatic carbocycles. The fourth-order valence-corrected chi connectivity index (χ4v) is 0.753. The van der Waals surface area contributed by atoms with Gasteiger partial charge in [0.1, 0.15) is 5.69 Å². The van der Waals surface area contributed by atoms with Crippen molar-refractivity contribution >= 4 is 11.9 Å². The molecule has 0 saturated heterocycles. The number of nitrogens with zero attached hydrogens (tertiary/aromatic N) is 2. The van der Waals surface area contributed by atoms with Gasteiger partial charge in [-0.3, -0.25) is 15.1 Å². The van der Waals surface area contributed by atoms with Crippen molar-refractivity contribution in [2.75, 3.05) is 0 Å². The number of imide groups is 1. The van der Waals surface area contributed by atoms with Crippen LogP contribution in [0.25, 0.3) is 0 Å². The summed E-state index contributed by atoms with van der Waals surface area (Å²) in [6.07, 6.45) is 2.58. The van der Waals surface area contributed by atoms with Crippen LogP contribution < -0.4 is 16.8 Å². The van der Waals surface area contributed by atoms with Crippen LogP contribution in [0.1, 0.15) is 16.2 Å². The lowest BCUT2D eigenvalue weighted by Gasteiger charge is -1.99. The van der Waals surface area contributed by atoms with E-state index < -0.39 is 11.9 Å². The topological polar surface area (TPSA) is 124 Å². The molecule has 1 heterocycles. The van der Waals surface area contributed by atoms with E-state index in [2.05, 4.69) is 9.97 Å². The van der Waals surface area contributed by atoms with E-state index in [9.17, 15) is 9.59 Å². The van der Waals surface area contributed by atoms with E-state index in [4.69, 9.17) is 11.5 Å². The number of nitrogens with two attached hydrogens (primary N) is 2. The summed E-state index contributed by atoms with van der Waals surface area (Å²) in [6, 6.07) is -0.931. The maximum absolute atomic E-state index is 11.1. The lowest BCUT2D eigenvalue weighted by Crippen LogP contribution is -2.35. The van der Waals surface area contributed by atoms with Crippen molar-refractivity contribution in [2.45, 2.75) is 6.54 Å². The zero-order chi connectivity index (χ0) is 10.6. The number of primary amides is 1. The Morgan fingerprint density at radius 2 is 2.07 bits per heavy atom. The Labute approximate surface area is 79.5 Å². The summed E-state index contributed by atoms with van der Waals surface area (Å²) < 4.78 is 0. The number of nitrogens with one attached hydrogen (secondary N) is 1. The van der Waals surface area contributed by atoms with Crippen molar-refractivity contribution in [2.24, 2.45) is 11.5 Å². The molecule has 0 radical (unpaired) electrons. The molecule has 0 aliphatic carbocycles. The summed E-state index contributed by atoms with van der Waals surface area (Å²) in [5.74, 6) is -0.687. The molecule has 0 aliphatic heterocycles. The van der Waals surface area contributed by atoms with Crippen molar-refractivity contribution < 1.29 is 9.59 Å². The van der Waals surface area contributed by atoms with Gasteiger partial charge in [-0.15, -0.1) is 0 Å². The molecule has 3 amide bonds. The third kappa shape index (κ3) is 2.49. The highest BCUT2D eigenvalue weighted by Crippen LogP contribution is 1.94. The second-order valence-electron chi connectivity index (χ2n) is 2.42. The zero-order valence-corrected chi connectivity index (χ0v) is 7.23. The Bertz CT molecular complexity index is 348. The van der Waals surface area contributed by atoms with Gasteiger partial charge in [-0.1, -0.05) is 0 Å². The van der Waals surface area contributed by atoms with Crippen LogP contribution in [0.15, 0.2) is 12.4 Å². The van der Waals surface area contributed by atoms with Gasteiger partial charge in [0.25, 0.3) is 5.91 Å². The van der Waals surface area contributed by atoms with E-state index in [0.29, 0.717) is 5.69 Å². The van der Waals surface area contributed by atoms with Gasteiger partial charge in [-0.25, -0.2) is 9.78 Å². The molecule has 7 nitrogen and oxygen atoms in total. The van der Waals surface area contributed by atoms with Crippen molar-refractivity contribution in [3.63, 3.8) is 0 Å². The zero-order valence-electron chi connectivity index (χ0n) is 7.23. The maximum atomic E-state index is 11.1. The maximum Gasteiger partial charge on any atom is 0.319 e. The van der Waals surface area contributed by atoms with Gasteiger partial charge in [0, 0.05) is 6.54 Å². The first-order chi connectivity index (χ1) is 6.63. The van der Waals surface area contributed by atoms with Gasteiger partial charge in [0.2, 0.25) is 0 Å². The van der Waals surface area contributed by atoms with E-state index in [-0.39, 0.29) is 12.2 Å². The van der Waals surface area contributed by atoms with Gasteiger partial charge in [0.05, 0.1) is 18.1 Å². The second kappa shape index (κ2) is 4.28. The molecule has 5 N–H and O–H groups in total. The summed E-state index contributed by atoms with van der Waals surface area (Å²) in [4.78, 5) is 29.0. The summed E-state index contributed by atoms with van der Waals surface area (Å²) in [5, 5.41) is 1.86. The second-order valence-corrected chi connectivity index (χ2v) is 2.42. The van der Waals surface area contributed by atoms with Gasteiger partial charge in [-0.2, -0.15) is 0 Å². The van der Waals surface area contributed by atoms with Gasteiger partial charge < -0.3 is 11.5 Å². The summed E-state index contributed by atoms with van der Waals surface area (Å²) >= 11 is 0. The minimum absolute atomic E-state index is 0.0148. The van der Waals surface area contributed by atoms with Crippen molar-refractivity contribution in [1.82, 2.24) is 15.3 Å². The largest absolute Gasteiger partial charge is 0.351 e. The van der Waals surface area contributed by atoms with Crippen molar-refractivity contribution in [3.05, 3.63) is 23.8 Å². The summed E-state index contributed by atoms with van der Waals surface area (Å²) in [7, 11) is 0. The molecule has 0 spiro atoms. The minimum atomic E-state index is -0.931. The van der Waals surface area contributed by atoms with E-state index in [1.54, 1.807) is 0 Å². The molecule has 1 aromatic rings. The van der Waals surface area contributed by atoms with Gasteiger partial charge >= 0.3 is 6.03 Å². The van der Waals surface area contributed by atoms with E-state index in [1.807, 2.05) is 5.32 Å². The first-order valence-corrected chi connectivity index (χ1v) is 3.75. The highest BCUT2D eigenvalue weighted by molar-refractivity contribution is 6.02. The first kappa shape index (κ1) is 10.1. The Balaban J connectivity index is 2.76. The average Bonchev–Trinajstić information content (AvgIpc) is 2.17. The Morgan fingerprint density at radius 1 is 1.36 bits per heavy atom. The van der Waals surface area contributed by atoms with E-state index in [0.717, 1.165) is 0 Å². The van der Waals surface area contributed by atoms with Gasteiger partial charge in [-0.05, 0) is 0 Å². The standard InChI is InChI=1S/C7H9N5O2/c8-1-4-2-11-5(3-10-4)6(13)12-7(9)14/h2-3H,1,8H2,(H3,9,12,13,14). The molecule has 0 unspecified atom stereocenters. The Morgan fingerprint density at radius 3 is 2.50 bits per heavy atom. The molecule has 0 aliphatic rings. The SMILES string of the molecule is NCc1cnc(C(=O)NC(N)=O)cn1. The average molecular weight is 195 g/mol. The number of carbonyl (C=O) groups is 2. The lowest BCUT2D eigenvalue weighted by atomic mass is 10.4. The fraction of sp³-hybridized carbons (Fsp3) is 0.143. The molecule has 0 bridgehead atoms. The van der Waals surface area contributed by atoms with Crippen molar-refractivity contribution in [1.29, 1.82) is 0 Å². The molecular weight excluding hydrogens is 186 g/mol. The summed E-state index contributed by atoms with van der Waals surface area (Å²) in [5.41, 5.74) is 10.6. The third-order valence-electron chi connectivity index (χ3n) is 1.38. The van der Waals surface area contributed by atoms with Crippen LogP contribution in [-0.4, -0.2) is 21.9 Å². The molecule has 1 aromatic heterocycles. The number of rotatable bonds is 2. The molecule has 1 rings (SSSR count). The molecule has 0 saturated carbocycles. The highest BCUT2D eigenvalue weighted by Gasteiger charge is 2.09. The molecule has 7 heteroatoms. The predicted octanol–water partition coefficient (Wildman–Crippen LogP) is -1.26. The lowest BCUT2D eigenvalue weighted by molar-refractivity contribution is 0.0961. The number of carbonyl (C=O) groups excluding carboxylic acids is 2. The Hall–Kier alpha value is -2.02. The predicted molar refractivity (Wildman–Crippen MR) is 47.0 cm³/mol. The van der Waals surface area contributed by atoms with Crippen LogP contribution in [0.3, 0.4) is 0 Å². The molecule has 14 heavy (non-hydrogen) atoms. The number of aromatic nitrogens is 2. The highest BCUT2D eigenvalue weighted by atomic mass is 16.2. The number of hydrogen-bond acceptors (Lipinski definition) is 5. The smallest absolute Gasteiger partial charge is 0.319 e. The number of hydrogen-bond donors (Lipinski definition) is 3. The molecule has 0 atom stereocenters. The monoisotopic (exact) mass is 195 g/mol. The van der Waals surface area contributed by atoms with E-state index in [1.165, 1.54) is 12.4 Å². The quantitative estimate of drug-likeness (QED) is 0.543. The van der Waals surface area contributed by atoms with Gasteiger partial charge in [0.15, 0.2) is 0 Å². The number of amides is 3. The third-order valence-corrected chi connectivity index (χ3v) is 1.38. The van der Waals surface area contributed by atoms with Crippen LogP contribution in [0, 0.1) is 0 Å². The normalized spacial score (nSPS) is 9.50. The van der Waals surface area contributed by atoms with E-state index >= 15 is 0 Å². The van der Waals surface area contributed by atoms with Crippen LogP contribution in [0.2, 0.25) is 0 Å². The summed E-state index contributed by atoms with van der Waals surface area (Å²) in [6.45, 7) is 0.241. The molecular formula is C7H9N5O2. The molecule has 74 valence electrons. The Kier molecular flexibility index (Phi) is 3.08. The van der Waals surface area contributed by atoms with Crippen LogP contribution >= 0.6 is 0 Å². The first-order valence-electron chi connectivity index (χ1n) is 3.75. The molecule has 0 fully saturated rings. The minimum Gasteiger partial charge on any atom is -0.351 e. The van der Waals surface area contributed by atoms with Crippen LogP contribution in [0.4, 0.5) is 4.79 Å². The fourth-order valence-electron chi connectivity index (χ4n) is 0.753.